The van der Waals surface area contributed by atoms with E-state index in [0.29, 0.717) is 23.7 Å². The largest absolute Gasteiger partial charge is 0.381 e. The lowest BCUT2D eigenvalue weighted by atomic mass is 9.82. The van der Waals surface area contributed by atoms with Gasteiger partial charge in [-0.05, 0) is 97.2 Å². The smallest absolute Gasteiger partial charge is 0.0522 e. The number of hydrogen-bond acceptors (Lipinski definition) is 3. The molecule has 5 rings (SSSR count). The van der Waals surface area contributed by atoms with Crippen LogP contribution in [0.2, 0.25) is 0 Å². The molecule has 3 aromatic rings. The minimum Gasteiger partial charge on any atom is -0.381 e. The summed E-state index contributed by atoms with van der Waals surface area (Å²) < 4.78 is 11.0. The van der Waals surface area contributed by atoms with Crippen LogP contribution in [0.15, 0.2) is 66.7 Å². The quantitative estimate of drug-likeness (QED) is 0.316. The highest BCUT2D eigenvalue weighted by Crippen LogP contribution is 2.40. The number of benzene rings is 3. The lowest BCUT2D eigenvalue weighted by Gasteiger charge is -2.34. The van der Waals surface area contributed by atoms with Crippen molar-refractivity contribution in [1.29, 1.82) is 0 Å². The molecule has 2 aliphatic rings. The summed E-state index contributed by atoms with van der Waals surface area (Å²) in [6.45, 7) is 12.5. The molecular weight excluding hydrogens is 430 g/mol. The molecule has 2 saturated heterocycles. The zero-order valence-electron chi connectivity index (χ0n) is 21.7. The molecule has 2 heterocycles. The van der Waals surface area contributed by atoms with Crippen molar-refractivity contribution in [2.45, 2.75) is 52.4 Å². The van der Waals surface area contributed by atoms with Gasteiger partial charge in [0, 0.05) is 28.9 Å². The summed E-state index contributed by atoms with van der Waals surface area (Å²) in [5.74, 6) is 2.46. The molecule has 3 nitrogen and oxygen atoms in total. The van der Waals surface area contributed by atoms with Crippen LogP contribution in [0.3, 0.4) is 0 Å². The average molecular weight is 470 g/mol. The van der Waals surface area contributed by atoms with Crippen LogP contribution in [-0.4, -0.2) is 26.4 Å². The standard InChI is InChI=1S/C32H39NO2/c1-5-31(26-18-34-19-26)24-7-11-28(12-8-24)33(30-16-22(3)15-23(4)17-30)29-13-9-25(10-14-29)32(6-2)27-20-35-21-27/h7-17,26-27,31-32H,5-6,18-21H2,1-4H3. The number of hydrogen-bond donors (Lipinski definition) is 0. The van der Waals surface area contributed by atoms with E-state index in [2.05, 4.69) is 99.3 Å². The van der Waals surface area contributed by atoms with Crippen LogP contribution in [0.4, 0.5) is 17.1 Å². The predicted octanol–water partition coefficient (Wildman–Crippen LogP) is 8.05. The Morgan fingerprint density at radius 3 is 1.34 bits per heavy atom. The lowest BCUT2D eigenvalue weighted by Crippen LogP contribution is -2.33. The van der Waals surface area contributed by atoms with Gasteiger partial charge in [-0.15, -0.1) is 0 Å². The Morgan fingerprint density at radius 2 is 1.03 bits per heavy atom. The molecule has 0 aromatic heterocycles. The SMILES string of the molecule is CCC(c1ccc(N(c2ccc(C(CC)C3COC3)cc2)c2cc(C)cc(C)c2)cc1)C1COC1. The highest BCUT2D eigenvalue weighted by Gasteiger charge is 2.29. The fraction of sp³-hybridized carbons (Fsp3) is 0.438. The second kappa shape index (κ2) is 10.6. The molecule has 0 bridgehead atoms. The van der Waals surface area contributed by atoms with Crippen molar-refractivity contribution in [3.63, 3.8) is 0 Å². The minimum absolute atomic E-state index is 0.577. The van der Waals surface area contributed by atoms with Gasteiger partial charge in [0.2, 0.25) is 0 Å². The number of ether oxygens (including phenoxy) is 2. The first-order valence-corrected chi connectivity index (χ1v) is 13.3. The van der Waals surface area contributed by atoms with Gasteiger partial charge in [-0.25, -0.2) is 0 Å². The minimum atomic E-state index is 0.577. The van der Waals surface area contributed by atoms with E-state index >= 15 is 0 Å². The maximum atomic E-state index is 5.48. The van der Waals surface area contributed by atoms with Gasteiger partial charge in [0.15, 0.2) is 0 Å². The molecule has 2 aliphatic heterocycles. The first-order chi connectivity index (χ1) is 17.1. The first-order valence-electron chi connectivity index (χ1n) is 13.3. The zero-order chi connectivity index (χ0) is 24.4. The fourth-order valence-electron chi connectivity index (χ4n) is 5.92. The van der Waals surface area contributed by atoms with Crippen molar-refractivity contribution < 1.29 is 9.47 Å². The van der Waals surface area contributed by atoms with E-state index in [-0.39, 0.29) is 0 Å². The summed E-state index contributed by atoms with van der Waals surface area (Å²) in [6, 6.07) is 25.3. The molecule has 2 fully saturated rings. The highest BCUT2D eigenvalue weighted by atomic mass is 16.5. The molecule has 35 heavy (non-hydrogen) atoms. The summed E-state index contributed by atoms with van der Waals surface area (Å²) in [4.78, 5) is 2.40. The van der Waals surface area contributed by atoms with Gasteiger partial charge in [-0.2, -0.15) is 0 Å². The van der Waals surface area contributed by atoms with Crippen molar-refractivity contribution >= 4 is 17.1 Å². The molecule has 2 unspecified atom stereocenters. The fourth-order valence-corrected chi connectivity index (χ4v) is 5.92. The molecular formula is C32H39NO2. The van der Waals surface area contributed by atoms with E-state index in [9.17, 15) is 0 Å². The third-order valence-electron chi connectivity index (χ3n) is 7.97. The number of aryl methyl sites for hydroxylation is 2. The Balaban J connectivity index is 1.49. The second-order valence-corrected chi connectivity index (χ2v) is 10.5. The summed E-state index contributed by atoms with van der Waals surface area (Å²) >= 11 is 0. The molecule has 0 N–H and O–H groups in total. The Kier molecular flexibility index (Phi) is 7.27. The molecule has 3 heteroatoms. The van der Waals surface area contributed by atoms with E-state index in [1.807, 2.05) is 0 Å². The topological polar surface area (TPSA) is 21.7 Å². The monoisotopic (exact) mass is 469 g/mol. The van der Waals surface area contributed by atoms with Crippen molar-refractivity contribution in [3.05, 3.63) is 89.0 Å². The van der Waals surface area contributed by atoms with Gasteiger partial charge in [0.1, 0.15) is 0 Å². The van der Waals surface area contributed by atoms with Gasteiger partial charge in [-0.1, -0.05) is 44.2 Å². The third-order valence-corrected chi connectivity index (χ3v) is 7.97. The lowest BCUT2D eigenvalue weighted by molar-refractivity contribution is -0.0456. The highest BCUT2D eigenvalue weighted by molar-refractivity contribution is 5.77. The van der Waals surface area contributed by atoms with E-state index < -0.39 is 0 Å². The van der Waals surface area contributed by atoms with Crippen molar-refractivity contribution in [2.24, 2.45) is 11.8 Å². The molecule has 2 atom stereocenters. The van der Waals surface area contributed by atoms with Gasteiger partial charge in [0.05, 0.1) is 26.4 Å². The van der Waals surface area contributed by atoms with Crippen LogP contribution in [0, 0.1) is 25.7 Å². The Bertz CT molecular complexity index is 1030. The zero-order valence-corrected chi connectivity index (χ0v) is 21.7. The van der Waals surface area contributed by atoms with E-state index in [1.165, 1.54) is 39.3 Å². The maximum absolute atomic E-state index is 5.48. The van der Waals surface area contributed by atoms with Crippen molar-refractivity contribution in [3.8, 4) is 0 Å². The molecule has 0 saturated carbocycles. The number of anilines is 3. The Morgan fingerprint density at radius 1 is 0.629 bits per heavy atom. The van der Waals surface area contributed by atoms with Crippen LogP contribution >= 0.6 is 0 Å². The third kappa shape index (κ3) is 5.03. The van der Waals surface area contributed by atoms with Crippen molar-refractivity contribution in [2.75, 3.05) is 31.3 Å². The van der Waals surface area contributed by atoms with Crippen LogP contribution in [0.1, 0.15) is 60.8 Å². The van der Waals surface area contributed by atoms with Gasteiger partial charge in [-0.3, -0.25) is 0 Å². The Labute approximate surface area is 211 Å². The molecule has 0 radical (unpaired) electrons. The van der Waals surface area contributed by atoms with E-state index in [4.69, 9.17) is 9.47 Å². The van der Waals surface area contributed by atoms with Gasteiger partial charge in [0.25, 0.3) is 0 Å². The molecule has 0 aliphatic carbocycles. The molecule has 0 spiro atoms. The van der Waals surface area contributed by atoms with E-state index in [0.717, 1.165) is 39.3 Å². The predicted molar refractivity (Wildman–Crippen MR) is 145 cm³/mol. The first kappa shape index (κ1) is 24.1. The summed E-state index contributed by atoms with van der Waals surface area (Å²) in [6.07, 6.45) is 2.31. The summed E-state index contributed by atoms with van der Waals surface area (Å²) in [7, 11) is 0. The van der Waals surface area contributed by atoms with Crippen LogP contribution in [0.5, 0.6) is 0 Å². The van der Waals surface area contributed by atoms with Gasteiger partial charge < -0.3 is 14.4 Å². The summed E-state index contributed by atoms with van der Waals surface area (Å²) in [5, 5.41) is 0. The van der Waals surface area contributed by atoms with E-state index in [1.54, 1.807) is 0 Å². The van der Waals surface area contributed by atoms with Gasteiger partial charge >= 0.3 is 0 Å². The number of nitrogens with zero attached hydrogens (tertiary/aromatic N) is 1. The summed E-state index contributed by atoms with van der Waals surface area (Å²) in [5.41, 5.74) is 9.02. The van der Waals surface area contributed by atoms with Crippen LogP contribution in [-0.2, 0) is 9.47 Å². The van der Waals surface area contributed by atoms with Crippen molar-refractivity contribution in [1.82, 2.24) is 0 Å². The van der Waals surface area contributed by atoms with Crippen LogP contribution in [0.25, 0.3) is 0 Å². The normalized spacial score (nSPS) is 17.9. The molecule has 184 valence electrons. The van der Waals surface area contributed by atoms with Crippen LogP contribution < -0.4 is 4.90 Å². The molecule has 3 aromatic carbocycles. The number of rotatable bonds is 9. The maximum Gasteiger partial charge on any atom is 0.0522 e. The Hall–Kier alpha value is -2.62. The second-order valence-electron chi connectivity index (χ2n) is 10.5. The average Bonchev–Trinajstić information content (AvgIpc) is 2.79. The molecule has 0 amide bonds.